The molecule has 0 atom stereocenters. The van der Waals surface area contributed by atoms with Crippen molar-refractivity contribution in [2.45, 2.75) is 13.1 Å². The predicted molar refractivity (Wildman–Crippen MR) is 176 cm³/mol. The lowest BCUT2D eigenvalue weighted by Crippen LogP contribution is -2.12. The van der Waals surface area contributed by atoms with Crippen LogP contribution in [0.3, 0.4) is 0 Å². The van der Waals surface area contributed by atoms with Gasteiger partial charge in [-0.1, -0.05) is 48.0 Å². The smallest absolute Gasteiger partial charge is 0.287 e. The summed E-state index contributed by atoms with van der Waals surface area (Å²) in [6.07, 6.45) is 7.54. The lowest BCUT2D eigenvalue weighted by Gasteiger charge is -2.06. The molecule has 0 aliphatic rings. The van der Waals surface area contributed by atoms with E-state index in [-0.39, 0.29) is 53.1 Å². The van der Waals surface area contributed by atoms with Gasteiger partial charge >= 0.3 is 0 Å². The van der Waals surface area contributed by atoms with Crippen LogP contribution in [0.4, 0.5) is 17.6 Å². The van der Waals surface area contributed by atoms with Gasteiger partial charge in [0.1, 0.15) is 46.9 Å². The fourth-order valence-corrected chi connectivity index (χ4v) is 5.03. The van der Waals surface area contributed by atoms with Gasteiger partial charge in [0.15, 0.2) is 22.6 Å². The van der Waals surface area contributed by atoms with Crippen molar-refractivity contribution in [3.8, 4) is 46.2 Å². The summed E-state index contributed by atoms with van der Waals surface area (Å²) < 4.78 is 68.1. The molecule has 0 aliphatic heterocycles. The molecule has 0 saturated carbocycles. The largest absolute Gasteiger partial charge is 0.443 e. The highest BCUT2D eigenvalue weighted by atomic mass is 35.5. The quantitative estimate of drug-likeness (QED) is 0.134. The highest BCUT2D eigenvalue weighted by Gasteiger charge is 2.20. The van der Waals surface area contributed by atoms with E-state index in [0.29, 0.717) is 34.1 Å². The molecule has 0 fully saturated rings. The van der Waals surface area contributed by atoms with Crippen molar-refractivity contribution in [1.29, 1.82) is 0 Å². The van der Waals surface area contributed by atoms with Gasteiger partial charge in [0.05, 0.1) is 37.9 Å². The number of halogens is 5. The van der Waals surface area contributed by atoms with Crippen LogP contribution in [0.15, 0.2) is 112 Å². The van der Waals surface area contributed by atoms with E-state index in [4.69, 9.17) is 20.4 Å². The molecule has 0 spiro atoms. The molecule has 6 aromatic heterocycles. The molecule has 52 heavy (non-hydrogen) atoms. The summed E-state index contributed by atoms with van der Waals surface area (Å²) in [6.45, 7) is 0.245. The molecule has 0 bridgehead atoms. The topological polar surface area (TPSA) is 159 Å². The number of nitrogens with one attached hydrogen (secondary N) is 1. The maximum Gasteiger partial charge on any atom is 0.287 e. The van der Waals surface area contributed by atoms with Gasteiger partial charge in [-0.25, -0.2) is 38.1 Å². The Kier molecular flexibility index (Phi) is 9.48. The van der Waals surface area contributed by atoms with E-state index in [1.807, 2.05) is 0 Å². The second kappa shape index (κ2) is 14.6. The van der Waals surface area contributed by atoms with Crippen molar-refractivity contribution in [2.75, 3.05) is 0 Å². The first-order chi connectivity index (χ1) is 25.2. The zero-order valence-corrected chi connectivity index (χ0v) is 27.0. The van der Waals surface area contributed by atoms with Gasteiger partial charge in [0.2, 0.25) is 17.6 Å². The van der Waals surface area contributed by atoms with Gasteiger partial charge in [-0.15, -0.1) is 0 Å². The fraction of sp³-hybridized carbons (Fsp3) is 0.0588. The van der Waals surface area contributed by atoms with Gasteiger partial charge in [0.25, 0.3) is 5.56 Å². The molecule has 0 amide bonds. The van der Waals surface area contributed by atoms with Crippen molar-refractivity contribution >= 4 is 11.6 Å². The molecule has 13 nitrogen and oxygen atoms in total. The Morgan fingerprint density at radius 3 is 1.73 bits per heavy atom. The number of aromatic nitrogens is 10. The summed E-state index contributed by atoms with van der Waals surface area (Å²) in [4.78, 5) is 33.6. The minimum absolute atomic E-state index is 0.0801. The number of benzene rings is 2. The van der Waals surface area contributed by atoms with Crippen molar-refractivity contribution in [3.63, 3.8) is 0 Å². The molecule has 2 aromatic carbocycles. The summed E-state index contributed by atoms with van der Waals surface area (Å²) in [5.41, 5.74) is 1.50. The van der Waals surface area contributed by atoms with E-state index in [1.165, 1.54) is 46.4 Å². The van der Waals surface area contributed by atoms with Crippen LogP contribution in [-0.2, 0) is 13.1 Å². The third kappa shape index (κ3) is 7.24. The van der Waals surface area contributed by atoms with E-state index < -0.39 is 17.2 Å². The van der Waals surface area contributed by atoms with Crippen LogP contribution in [0.25, 0.3) is 46.2 Å². The standard InChI is InChI=1S/C17H10ClF2N5O.C17H11F2N5O2/c18-15-12(20)8-22-16(23-15)13-7-14(17-21-5-6-26-17)25(24-13)9-10-3-1-2-4-11(10)19;18-11-4-2-1-3-10(11)9-24-14(17-20-5-6-26-17)7-13(23-24)15-21-8-12(19)16(25)22-15/h1-8H,9H2;1-8H,9H2,(H,21,22,25). The summed E-state index contributed by atoms with van der Waals surface area (Å²) in [5, 5.41) is 8.42. The highest BCUT2D eigenvalue weighted by molar-refractivity contribution is 6.29. The third-order valence-electron chi connectivity index (χ3n) is 7.35. The van der Waals surface area contributed by atoms with Gasteiger partial charge in [0, 0.05) is 23.3 Å². The second-order valence-electron chi connectivity index (χ2n) is 10.7. The van der Waals surface area contributed by atoms with Crippen molar-refractivity contribution in [1.82, 2.24) is 49.5 Å². The van der Waals surface area contributed by atoms with Gasteiger partial charge in [-0.05, 0) is 12.1 Å². The molecule has 8 aromatic rings. The average molecular weight is 729 g/mol. The van der Waals surface area contributed by atoms with E-state index in [9.17, 15) is 22.4 Å². The lowest BCUT2D eigenvalue weighted by atomic mass is 10.2. The van der Waals surface area contributed by atoms with E-state index in [0.717, 1.165) is 12.4 Å². The molecule has 260 valence electrons. The third-order valence-corrected chi connectivity index (χ3v) is 7.61. The predicted octanol–water partition coefficient (Wildman–Crippen LogP) is 6.59. The van der Waals surface area contributed by atoms with E-state index in [1.54, 1.807) is 48.5 Å². The SMILES string of the molecule is Fc1ccccc1Cn1nc(-c2ncc(F)c(Cl)n2)cc1-c1ncco1.O=c1[nH]c(-c2cc(-c3ncco3)n(Cc3ccccc3F)n2)ncc1F. The maximum atomic E-state index is 14.0. The molecular weight excluding hydrogens is 708 g/mol. The van der Waals surface area contributed by atoms with E-state index in [2.05, 4.69) is 40.1 Å². The summed E-state index contributed by atoms with van der Waals surface area (Å²) in [5.74, 6) is -1.67. The van der Waals surface area contributed by atoms with Crippen LogP contribution in [0, 0.1) is 23.3 Å². The normalized spacial score (nSPS) is 11.0. The maximum absolute atomic E-state index is 14.0. The Bertz CT molecular complexity index is 2540. The Labute approximate surface area is 294 Å². The number of H-pyrrole nitrogens is 1. The van der Waals surface area contributed by atoms with Crippen LogP contribution < -0.4 is 5.56 Å². The Morgan fingerprint density at radius 1 is 0.673 bits per heavy atom. The molecule has 0 saturated heterocycles. The number of rotatable bonds is 8. The second-order valence-corrected chi connectivity index (χ2v) is 11.1. The molecule has 8 rings (SSSR count). The molecule has 1 N–H and O–H groups in total. The molecule has 18 heteroatoms. The van der Waals surface area contributed by atoms with Crippen LogP contribution in [0.5, 0.6) is 0 Å². The minimum atomic E-state index is -0.993. The van der Waals surface area contributed by atoms with Crippen LogP contribution in [0.2, 0.25) is 5.15 Å². The van der Waals surface area contributed by atoms with Crippen molar-refractivity contribution in [3.05, 3.63) is 148 Å². The van der Waals surface area contributed by atoms with Crippen LogP contribution in [-0.4, -0.2) is 49.5 Å². The Balaban J connectivity index is 0.000000162. The van der Waals surface area contributed by atoms with Crippen LogP contribution in [0.1, 0.15) is 11.1 Å². The molecule has 0 unspecified atom stereocenters. The van der Waals surface area contributed by atoms with Gasteiger partial charge in [-0.3, -0.25) is 14.2 Å². The number of hydrogen-bond donors (Lipinski definition) is 1. The zero-order valence-electron chi connectivity index (χ0n) is 26.3. The summed E-state index contributed by atoms with van der Waals surface area (Å²) >= 11 is 5.72. The number of aromatic amines is 1. The first-order valence-corrected chi connectivity index (χ1v) is 15.5. The highest BCUT2D eigenvalue weighted by Crippen LogP contribution is 2.27. The Morgan fingerprint density at radius 2 is 1.21 bits per heavy atom. The Hall–Kier alpha value is -6.75. The average Bonchev–Trinajstić information content (AvgIpc) is 3.97. The number of nitrogens with zero attached hydrogens (tertiary/aromatic N) is 9. The molecule has 0 aliphatic carbocycles. The summed E-state index contributed by atoms with van der Waals surface area (Å²) in [7, 11) is 0. The monoisotopic (exact) mass is 728 g/mol. The van der Waals surface area contributed by atoms with Crippen LogP contribution >= 0.6 is 11.6 Å². The number of hydrogen-bond acceptors (Lipinski definition) is 10. The van der Waals surface area contributed by atoms with Crippen molar-refractivity contribution in [2.24, 2.45) is 0 Å². The first-order valence-electron chi connectivity index (χ1n) is 15.1. The molecule has 6 heterocycles. The first kappa shape index (κ1) is 33.7. The number of oxazole rings is 2. The lowest BCUT2D eigenvalue weighted by molar-refractivity contribution is 0.553. The van der Waals surface area contributed by atoms with Crippen molar-refractivity contribution < 1.29 is 26.4 Å². The fourth-order valence-electron chi connectivity index (χ4n) is 4.90. The summed E-state index contributed by atoms with van der Waals surface area (Å²) in [6, 6.07) is 15.8. The molecule has 0 radical (unpaired) electrons. The zero-order chi connectivity index (χ0) is 36.2. The minimum Gasteiger partial charge on any atom is -0.443 e. The van der Waals surface area contributed by atoms with Gasteiger partial charge in [-0.2, -0.15) is 14.6 Å². The molecular formula is C34H21ClF4N10O3. The van der Waals surface area contributed by atoms with Gasteiger partial charge < -0.3 is 13.8 Å². The van der Waals surface area contributed by atoms with E-state index >= 15 is 0 Å².